The number of nitrogens with zero attached hydrogens (tertiary/aromatic N) is 1. The largest absolute Gasteiger partial charge is 0.497 e. The molecule has 1 amide bonds. The van der Waals surface area contributed by atoms with Gasteiger partial charge in [0.25, 0.3) is 0 Å². The van der Waals surface area contributed by atoms with Crippen LogP contribution in [0.4, 0.5) is 5.69 Å². The summed E-state index contributed by atoms with van der Waals surface area (Å²) >= 11 is 1.34. The maximum Gasteiger partial charge on any atom is 0.238 e. The van der Waals surface area contributed by atoms with Crippen molar-refractivity contribution in [2.24, 2.45) is 0 Å². The van der Waals surface area contributed by atoms with Crippen molar-refractivity contribution >= 4 is 23.4 Å². The van der Waals surface area contributed by atoms with E-state index in [4.69, 9.17) is 9.47 Å². The zero-order valence-corrected chi connectivity index (χ0v) is 13.3. The molecule has 2 aliphatic heterocycles. The molecule has 2 heterocycles. The van der Waals surface area contributed by atoms with Crippen LogP contribution >= 0.6 is 11.8 Å². The second-order valence-corrected chi connectivity index (χ2v) is 6.57. The molecule has 0 spiro atoms. The van der Waals surface area contributed by atoms with Crippen molar-refractivity contribution in [3.63, 3.8) is 0 Å². The molecule has 2 aliphatic rings. The van der Waals surface area contributed by atoms with E-state index in [0.717, 1.165) is 0 Å². The number of rotatable bonds is 4. The summed E-state index contributed by atoms with van der Waals surface area (Å²) in [4.78, 5) is 13.8. The van der Waals surface area contributed by atoms with Crippen molar-refractivity contribution in [1.29, 1.82) is 0 Å². The van der Waals surface area contributed by atoms with Gasteiger partial charge < -0.3 is 24.8 Å². The van der Waals surface area contributed by atoms with Crippen LogP contribution in [0.3, 0.4) is 0 Å². The average Bonchev–Trinajstić information content (AvgIpc) is 3.08. The molecule has 8 heteroatoms. The van der Waals surface area contributed by atoms with Gasteiger partial charge in [0.2, 0.25) is 5.91 Å². The zero-order valence-electron chi connectivity index (χ0n) is 12.5. The summed E-state index contributed by atoms with van der Waals surface area (Å²) in [6.45, 7) is -0.390. The summed E-state index contributed by atoms with van der Waals surface area (Å²) < 4.78 is 10.8. The Morgan fingerprint density at radius 1 is 1.39 bits per heavy atom. The molecular formula is C15H19NO6S. The summed E-state index contributed by atoms with van der Waals surface area (Å²) in [5.74, 6) is 0.770. The van der Waals surface area contributed by atoms with Crippen LogP contribution in [0.2, 0.25) is 0 Å². The lowest BCUT2D eigenvalue weighted by molar-refractivity contribution is -0.116. The minimum atomic E-state index is -1.17. The van der Waals surface area contributed by atoms with E-state index in [0.29, 0.717) is 11.4 Å². The van der Waals surface area contributed by atoms with Crippen LogP contribution in [0.25, 0.3) is 0 Å². The SMILES string of the molecule is COc1cccc(N2C(=O)CS[C@@H]2[C@H]2O[C@H](CO)[C@@H](O)[C@@H]2O)c1. The number of amides is 1. The van der Waals surface area contributed by atoms with Gasteiger partial charge in [-0.3, -0.25) is 9.69 Å². The number of aliphatic hydroxyl groups is 3. The van der Waals surface area contributed by atoms with Gasteiger partial charge in [-0.2, -0.15) is 0 Å². The highest BCUT2D eigenvalue weighted by molar-refractivity contribution is 8.01. The summed E-state index contributed by atoms with van der Waals surface area (Å²) in [6, 6.07) is 7.07. The maximum atomic E-state index is 12.3. The highest BCUT2D eigenvalue weighted by atomic mass is 32.2. The number of benzene rings is 1. The van der Waals surface area contributed by atoms with Crippen LogP contribution in [0.1, 0.15) is 0 Å². The lowest BCUT2D eigenvalue weighted by Gasteiger charge is -2.30. The molecule has 3 N–H and O–H groups in total. The molecule has 1 aromatic rings. The average molecular weight is 341 g/mol. The van der Waals surface area contributed by atoms with E-state index in [9.17, 15) is 20.1 Å². The fraction of sp³-hybridized carbons (Fsp3) is 0.533. The van der Waals surface area contributed by atoms with Crippen molar-refractivity contribution in [3.8, 4) is 5.75 Å². The van der Waals surface area contributed by atoms with Crippen molar-refractivity contribution in [2.75, 3.05) is 24.4 Å². The summed E-state index contributed by atoms with van der Waals surface area (Å²) in [5, 5.41) is 28.9. The second-order valence-electron chi connectivity index (χ2n) is 5.47. The van der Waals surface area contributed by atoms with Crippen LogP contribution in [-0.2, 0) is 9.53 Å². The van der Waals surface area contributed by atoms with Crippen molar-refractivity contribution in [3.05, 3.63) is 24.3 Å². The molecule has 0 radical (unpaired) electrons. The van der Waals surface area contributed by atoms with E-state index in [-0.39, 0.29) is 18.3 Å². The number of hydrogen-bond donors (Lipinski definition) is 3. The molecule has 5 atom stereocenters. The third-order valence-corrected chi connectivity index (χ3v) is 5.33. The molecule has 7 nitrogen and oxygen atoms in total. The molecule has 0 aliphatic carbocycles. The molecule has 0 saturated carbocycles. The molecule has 23 heavy (non-hydrogen) atoms. The zero-order chi connectivity index (χ0) is 16.6. The molecule has 0 unspecified atom stereocenters. The molecule has 2 fully saturated rings. The van der Waals surface area contributed by atoms with Crippen LogP contribution in [0.5, 0.6) is 5.75 Å². The van der Waals surface area contributed by atoms with E-state index in [1.54, 1.807) is 36.3 Å². The highest BCUT2D eigenvalue weighted by Gasteiger charge is 2.50. The Bertz CT molecular complexity index is 585. The molecule has 0 bridgehead atoms. The Hall–Kier alpha value is -1.32. The van der Waals surface area contributed by atoms with Gasteiger partial charge in [0, 0.05) is 11.8 Å². The standard InChI is InChI=1S/C15H19NO6S/c1-21-9-4-2-3-8(5-9)16-11(18)7-23-15(16)14-13(20)12(19)10(6-17)22-14/h2-5,10,12-15,17,19-20H,6-7H2,1H3/t10-,12-,13+,14+,15-/m1/s1. The van der Waals surface area contributed by atoms with Crippen molar-refractivity contribution < 1.29 is 29.6 Å². The summed E-state index contributed by atoms with van der Waals surface area (Å²) in [5.41, 5.74) is 0.641. The number of thioether (sulfide) groups is 1. The number of carbonyl (C=O) groups is 1. The number of ether oxygens (including phenoxy) is 2. The lowest BCUT2D eigenvalue weighted by Crippen LogP contribution is -2.46. The number of carbonyl (C=O) groups excluding carboxylic acids is 1. The summed E-state index contributed by atoms with van der Waals surface area (Å²) in [6.07, 6.45) is -3.96. The van der Waals surface area contributed by atoms with Gasteiger partial charge >= 0.3 is 0 Å². The van der Waals surface area contributed by atoms with Gasteiger partial charge in [0.15, 0.2) is 0 Å². The van der Waals surface area contributed by atoms with Crippen LogP contribution < -0.4 is 9.64 Å². The fourth-order valence-electron chi connectivity index (χ4n) is 2.90. The van der Waals surface area contributed by atoms with Crippen LogP contribution in [0.15, 0.2) is 24.3 Å². The first kappa shape index (κ1) is 16.5. The van der Waals surface area contributed by atoms with Gasteiger partial charge in [0.1, 0.15) is 35.5 Å². The van der Waals surface area contributed by atoms with Gasteiger partial charge in [-0.05, 0) is 12.1 Å². The number of hydrogen-bond acceptors (Lipinski definition) is 7. The first-order valence-corrected chi connectivity index (χ1v) is 8.32. The molecule has 0 aromatic heterocycles. The highest BCUT2D eigenvalue weighted by Crippen LogP contribution is 2.39. The van der Waals surface area contributed by atoms with Gasteiger partial charge in [-0.1, -0.05) is 6.07 Å². The molecule has 3 rings (SSSR count). The Morgan fingerprint density at radius 2 is 2.17 bits per heavy atom. The smallest absolute Gasteiger partial charge is 0.238 e. The fourth-order valence-corrected chi connectivity index (χ4v) is 4.16. The Morgan fingerprint density at radius 3 is 2.83 bits per heavy atom. The maximum absolute atomic E-state index is 12.3. The molecule has 2 saturated heterocycles. The van der Waals surface area contributed by atoms with Crippen LogP contribution in [0, 0.1) is 0 Å². The summed E-state index contributed by atoms with van der Waals surface area (Å²) in [7, 11) is 1.54. The quantitative estimate of drug-likeness (QED) is 0.684. The van der Waals surface area contributed by atoms with E-state index in [1.165, 1.54) is 11.8 Å². The molecule has 126 valence electrons. The number of aliphatic hydroxyl groups excluding tert-OH is 3. The predicted molar refractivity (Wildman–Crippen MR) is 84.5 cm³/mol. The first-order valence-electron chi connectivity index (χ1n) is 7.27. The molecular weight excluding hydrogens is 322 g/mol. The van der Waals surface area contributed by atoms with Crippen molar-refractivity contribution in [2.45, 2.75) is 29.8 Å². The van der Waals surface area contributed by atoms with E-state index in [1.807, 2.05) is 0 Å². The lowest BCUT2D eigenvalue weighted by atomic mass is 10.1. The second kappa shape index (κ2) is 6.66. The van der Waals surface area contributed by atoms with Gasteiger partial charge in [-0.15, -0.1) is 11.8 Å². The topological polar surface area (TPSA) is 99.5 Å². The predicted octanol–water partition coefficient (Wildman–Crippen LogP) is -0.417. The van der Waals surface area contributed by atoms with E-state index >= 15 is 0 Å². The van der Waals surface area contributed by atoms with E-state index in [2.05, 4.69) is 0 Å². The minimum absolute atomic E-state index is 0.106. The third-order valence-electron chi connectivity index (χ3n) is 4.09. The van der Waals surface area contributed by atoms with Crippen LogP contribution in [-0.4, -0.2) is 70.5 Å². The minimum Gasteiger partial charge on any atom is -0.497 e. The monoisotopic (exact) mass is 341 g/mol. The Balaban J connectivity index is 1.88. The van der Waals surface area contributed by atoms with Gasteiger partial charge in [-0.25, -0.2) is 0 Å². The van der Waals surface area contributed by atoms with Gasteiger partial charge in [0.05, 0.1) is 19.5 Å². The molecule has 1 aromatic carbocycles. The first-order chi connectivity index (χ1) is 11.1. The third kappa shape index (κ3) is 2.92. The van der Waals surface area contributed by atoms with Crippen molar-refractivity contribution in [1.82, 2.24) is 0 Å². The Kier molecular flexibility index (Phi) is 4.79. The van der Waals surface area contributed by atoms with E-state index < -0.39 is 29.8 Å². The Labute approximate surface area is 137 Å². The number of anilines is 1. The number of methoxy groups -OCH3 is 1. The normalized spacial score (nSPS) is 34.2.